The summed E-state index contributed by atoms with van der Waals surface area (Å²) in [5, 5.41) is 11.1. The third-order valence-corrected chi connectivity index (χ3v) is 2.18. The molecule has 1 heterocycles. The maximum Gasteiger partial charge on any atom is 0.434 e. The molecule has 1 aromatic heterocycles. The van der Waals surface area contributed by atoms with E-state index in [9.17, 15) is 10.1 Å². The average molecular weight is 223 g/mol. The lowest BCUT2D eigenvalue weighted by molar-refractivity contribution is -0.401. The topological polar surface area (TPSA) is 74.7 Å². The van der Waals surface area contributed by atoms with Crippen molar-refractivity contribution in [3.8, 4) is 11.5 Å². The molecule has 1 aromatic carbocycles. The fourth-order valence-corrected chi connectivity index (χ4v) is 1.44. The number of methoxy groups -OCH3 is 2. The highest BCUT2D eigenvalue weighted by molar-refractivity contribution is 5.86. The third kappa shape index (κ3) is 1.54. The summed E-state index contributed by atoms with van der Waals surface area (Å²) in [7, 11) is 2.97. The van der Waals surface area contributed by atoms with Gasteiger partial charge in [0.25, 0.3) is 0 Å². The molecule has 84 valence electrons. The van der Waals surface area contributed by atoms with E-state index in [2.05, 4.69) is 0 Å². The largest absolute Gasteiger partial charge is 0.497 e. The van der Waals surface area contributed by atoms with Crippen LogP contribution in [0.1, 0.15) is 0 Å². The normalized spacial score (nSPS) is 10.4. The van der Waals surface area contributed by atoms with Crippen molar-refractivity contribution < 1.29 is 18.8 Å². The van der Waals surface area contributed by atoms with E-state index < -0.39 is 4.92 Å². The van der Waals surface area contributed by atoms with Gasteiger partial charge in [0.2, 0.25) is 0 Å². The summed E-state index contributed by atoms with van der Waals surface area (Å²) in [6.45, 7) is 0. The van der Waals surface area contributed by atoms with E-state index in [1.54, 1.807) is 12.1 Å². The smallest absolute Gasteiger partial charge is 0.434 e. The monoisotopic (exact) mass is 223 g/mol. The molecule has 0 N–H and O–H groups in total. The van der Waals surface area contributed by atoms with Crippen LogP contribution >= 0.6 is 0 Å². The Bertz CT molecular complexity index is 545. The second-order valence-electron chi connectivity index (χ2n) is 3.09. The SMILES string of the molecule is COc1cc(OC)c2oc([N+](=O)[O-])cc2c1. The molecular formula is C10H9NO5. The lowest BCUT2D eigenvalue weighted by atomic mass is 10.2. The Morgan fingerprint density at radius 1 is 1.25 bits per heavy atom. The van der Waals surface area contributed by atoms with Crippen LogP contribution in [0.5, 0.6) is 11.5 Å². The van der Waals surface area contributed by atoms with Crippen LogP contribution in [0.3, 0.4) is 0 Å². The summed E-state index contributed by atoms with van der Waals surface area (Å²) in [5.74, 6) is 0.643. The zero-order valence-corrected chi connectivity index (χ0v) is 8.72. The quantitative estimate of drug-likeness (QED) is 0.589. The fraction of sp³-hybridized carbons (Fsp3) is 0.200. The predicted molar refractivity (Wildman–Crippen MR) is 56.0 cm³/mol. The molecule has 0 aliphatic heterocycles. The van der Waals surface area contributed by atoms with Gasteiger partial charge in [-0.2, -0.15) is 0 Å². The Balaban J connectivity index is 2.69. The molecule has 16 heavy (non-hydrogen) atoms. The van der Waals surface area contributed by atoms with Crippen LogP contribution < -0.4 is 9.47 Å². The van der Waals surface area contributed by atoms with Gasteiger partial charge in [-0.05, 0) is 6.07 Å². The Kier molecular flexibility index (Phi) is 2.40. The van der Waals surface area contributed by atoms with Crippen LogP contribution in [0.25, 0.3) is 11.0 Å². The number of nitro groups is 1. The van der Waals surface area contributed by atoms with Crippen molar-refractivity contribution in [3.05, 3.63) is 28.3 Å². The maximum absolute atomic E-state index is 10.6. The fourth-order valence-electron chi connectivity index (χ4n) is 1.44. The molecule has 0 fully saturated rings. The van der Waals surface area contributed by atoms with Gasteiger partial charge in [0, 0.05) is 11.5 Å². The Morgan fingerprint density at radius 3 is 2.56 bits per heavy atom. The molecule has 0 amide bonds. The summed E-state index contributed by atoms with van der Waals surface area (Å²) < 4.78 is 15.2. The van der Waals surface area contributed by atoms with Crippen LogP contribution in [0, 0.1) is 10.1 Å². The van der Waals surface area contributed by atoms with Crippen molar-refractivity contribution in [1.29, 1.82) is 0 Å². The minimum atomic E-state index is -0.591. The highest BCUT2D eigenvalue weighted by atomic mass is 16.6. The first kappa shape index (κ1) is 10.3. The van der Waals surface area contributed by atoms with E-state index in [4.69, 9.17) is 13.9 Å². The molecule has 0 atom stereocenters. The van der Waals surface area contributed by atoms with E-state index in [1.807, 2.05) is 0 Å². The van der Waals surface area contributed by atoms with Crippen molar-refractivity contribution in [2.45, 2.75) is 0 Å². The van der Waals surface area contributed by atoms with Crippen molar-refractivity contribution in [3.63, 3.8) is 0 Å². The molecule has 2 rings (SSSR count). The van der Waals surface area contributed by atoms with Gasteiger partial charge in [0.05, 0.1) is 20.3 Å². The van der Waals surface area contributed by atoms with Crippen LogP contribution in [0.15, 0.2) is 22.6 Å². The Morgan fingerprint density at radius 2 is 2.00 bits per heavy atom. The first-order valence-corrected chi connectivity index (χ1v) is 4.45. The van der Waals surface area contributed by atoms with Crippen LogP contribution in [-0.2, 0) is 0 Å². The average Bonchev–Trinajstić information content (AvgIpc) is 2.71. The first-order chi connectivity index (χ1) is 7.65. The van der Waals surface area contributed by atoms with Crippen LogP contribution in [-0.4, -0.2) is 19.1 Å². The lowest BCUT2D eigenvalue weighted by Gasteiger charge is -2.03. The summed E-state index contributed by atoms with van der Waals surface area (Å²) in [6, 6.07) is 4.59. The highest BCUT2D eigenvalue weighted by Crippen LogP contribution is 2.35. The zero-order valence-electron chi connectivity index (χ0n) is 8.72. The molecule has 0 saturated heterocycles. The number of fused-ring (bicyclic) bond motifs is 1. The summed E-state index contributed by atoms with van der Waals surface area (Å²) in [4.78, 5) is 9.97. The lowest BCUT2D eigenvalue weighted by Crippen LogP contribution is -1.86. The third-order valence-electron chi connectivity index (χ3n) is 2.18. The molecule has 0 spiro atoms. The van der Waals surface area contributed by atoms with E-state index in [0.717, 1.165) is 0 Å². The standard InChI is InChI=1S/C10H9NO5/c1-14-7-3-6-4-9(11(12)13)16-10(6)8(5-7)15-2/h3-5H,1-2H3. The minimum Gasteiger partial charge on any atom is -0.497 e. The van der Waals surface area contributed by atoms with Crippen molar-refractivity contribution in [1.82, 2.24) is 0 Å². The molecule has 0 bridgehead atoms. The highest BCUT2D eigenvalue weighted by Gasteiger charge is 2.17. The van der Waals surface area contributed by atoms with Gasteiger partial charge in [0.1, 0.15) is 10.7 Å². The molecule has 0 radical (unpaired) electrons. The van der Waals surface area contributed by atoms with Gasteiger partial charge in [0.15, 0.2) is 11.3 Å². The van der Waals surface area contributed by atoms with Gasteiger partial charge in [-0.25, -0.2) is 0 Å². The zero-order chi connectivity index (χ0) is 11.7. The number of furan rings is 1. The number of rotatable bonds is 3. The molecule has 0 unspecified atom stereocenters. The predicted octanol–water partition coefficient (Wildman–Crippen LogP) is 2.36. The summed E-state index contributed by atoms with van der Waals surface area (Å²) in [6.07, 6.45) is 0. The van der Waals surface area contributed by atoms with Gasteiger partial charge < -0.3 is 13.9 Å². The molecule has 6 heteroatoms. The number of hydrogen-bond acceptors (Lipinski definition) is 5. The number of hydrogen-bond donors (Lipinski definition) is 0. The summed E-state index contributed by atoms with van der Waals surface area (Å²) >= 11 is 0. The van der Waals surface area contributed by atoms with E-state index in [1.165, 1.54) is 20.3 Å². The van der Waals surface area contributed by atoms with E-state index in [0.29, 0.717) is 22.5 Å². The second kappa shape index (κ2) is 3.73. The van der Waals surface area contributed by atoms with E-state index >= 15 is 0 Å². The van der Waals surface area contributed by atoms with Gasteiger partial charge in [-0.3, -0.25) is 10.1 Å². The Hall–Kier alpha value is -2.24. The van der Waals surface area contributed by atoms with Crippen LogP contribution in [0.2, 0.25) is 0 Å². The van der Waals surface area contributed by atoms with Crippen LogP contribution in [0.4, 0.5) is 5.88 Å². The van der Waals surface area contributed by atoms with Gasteiger partial charge in [-0.1, -0.05) is 0 Å². The Labute approximate surface area is 90.5 Å². The van der Waals surface area contributed by atoms with Crippen molar-refractivity contribution >= 4 is 16.9 Å². The number of benzene rings is 1. The second-order valence-corrected chi connectivity index (χ2v) is 3.09. The van der Waals surface area contributed by atoms with Crippen molar-refractivity contribution in [2.75, 3.05) is 14.2 Å². The molecule has 2 aromatic rings. The number of ether oxygens (including phenoxy) is 2. The molecule has 0 saturated carbocycles. The van der Waals surface area contributed by atoms with Crippen molar-refractivity contribution in [2.24, 2.45) is 0 Å². The van der Waals surface area contributed by atoms with Gasteiger partial charge in [-0.15, -0.1) is 0 Å². The number of nitrogens with zero attached hydrogens (tertiary/aromatic N) is 1. The molecular weight excluding hydrogens is 214 g/mol. The summed E-state index contributed by atoms with van der Waals surface area (Å²) in [5.41, 5.74) is 0.343. The molecule has 0 aliphatic carbocycles. The van der Waals surface area contributed by atoms with Gasteiger partial charge >= 0.3 is 5.88 Å². The molecule has 0 aliphatic rings. The minimum absolute atomic E-state index is 0.318. The molecule has 6 nitrogen and oxygen atoms in total. The maximum atomic E-state index is 10.6. The first-order valence-electron chi connectivity index (χ1n) is 4.45. The van der Waals surface area contributed by atoms with E-state index in [-0.39, 0.29) is 5.88 Å².